The van der Waals surface area contributed by atoms with Crippen molar-refractivity contribution in [2.45, 2.75) is 52.4 Å². The van der Waals surface area contributed by atoms with Gasteiger partial charge in [-0.1, -0.05) is 20.8 Å². The second-order valence-corrected chi connectivity index (χ2v) is 10.9. The van der Waals surface area contributed by atoms with Crippen molar-refractivity contribution < 1.29 is 37.0 Å². The van der Waals surface area contributed by atoms with Crippen molar-refractivity contribution in [2.24, 2.45) is 11.3 Å². The number of fused-ring (bicyclic) bond motifs is 1. The van der Waals surface area contributed by atoms with Crippen LogP contribution in [0.3, 0.4) is 0 Å². The molecule has 1 fully saturated rings. The van der Waals surface area contributed by atoms with Gasteiger partial charge in [0.25, 0.3) is 5.91 Å². The van der Waals surface area contributed by atoms with E-state index in [9.17, 15) is 22.8 Å². The van der Waals surface area contributed by atoms with Gasteiger partial charge in [-0.15, -0.1) is 13.2 Å². The number of hydrogen-bond donors (Lipinski definition) is 2. The minimum Gasteiger partial charge on any atom is -0.480 e. The highest BCUT2D eigenvalue weighted by atomic mass is 19.4. The third-order valence-electron chi connectivity index (χ3n) is 6.80. The van der Waals surface area contributed by atoms with E-state index < -0.39 is 30.6 Å². The summed E-state index contributed by atoms with van der Waals surface area (Å²) >= 11 is 0. The fourth-order valence-electron chi connectivity index (χ4n) is 5.58. The zero-order valence-electron chi connectivity index (χ0n) is 22.0. The third kappa shape index (κ3) is 6.61. The Labute approximate surface area is 222 Å². The van der Waals surface area contributed by atoms with Crippen molar-refractivity contribution in [3.63, 3.8) is 0 Å². The third-order valence-corrected chi connectivity index (χ3v) is 6.80. The van der Waals surface area contributed by atoms with E-state index in [0.717, 1.165) is 24.2 Å². The first-order valence-electron chi connectivity index (χ1n) is 12.4. The van der Waals surface area contributed by atoms with Gasteiger partial charge in [-0.3, -0.25) is 9.59 Å². The number of alkyl halides is 3. The molecule has 2 atom stereocenters. The average Bonchev–Trinajstić information content (AvgIpc) is 3.13. The summed E-state index contributed by atoms with van der Waals surface area (Å²) in [5, 5.41) is 12.1. The van der Waals surface area contributed by atoms with Crippen molar-refractivity contribution in [2.75, 3.05) is 18.9 Å². The number of carboxylic acids is 1. The molecule has 1 aromatic heterocycles. The minimum atomic E-state index is -4.81. The van der Waals surface area contributed by atoms with Crippen LogP contribution in [0.15, 0.2) is 36.4 Å². The molecule has 2 aromatic carbocycles. The smallest absolute Gasteiger partial charge is 0.480 e. The maximum absolute atomic E-state index is 15.3. The maximum Gasteiger partial charge on any atom is 0.573 e. The minimum absolute atomic E-state index is 0.000768. The maximum atomic E-state index is 15.3. The molecule has 1 heterocycles. The Morgan fingerprint density at radius 3 is 2.46 bits per heavy atom. The lowest BCUT2D eigenvalue weighted by Gasteiger charge is -2.40. The molecule has 0 saturated heterocycles. The lowest BCUT2D eigenvalue weighted by atomic mass is 9.70. The molecule has 1 aliphatic carbocycles. The van der Waals surface area contributed by atoms with Gasteiger partial charge in [0.15, 0.2) is 0 Å². The number of nitrogens with zero attached hydrogens (tertiary/aromatic N) is 3. The highest BCUT2D eigenvalue weighted by molar-refractivity contribution is 5.99. The molecule has 1 saturated carbocycles. The predicted octanol–water partition coefficient (Wildman–Crippen LogP) is 6.36. The molecule has 12 heteroatoms. The molecule has 0 radical (unpaired) electrons. The van der Waals surface area contributed by atoms with E-state index in [4.69, 9.17) is 5.11 Å². The van der Waals surface area contributed by atoms with E-state index in [1.807, 2.05) is 4.57 Å². The molecule has 3 aromatic rings. The average molecular weight is 551 g/mol. The summed E-state index contributed by atoms with van der Waals surface area (Å²) in [4.78, 5) is 29.3. The molecule has 0 aliphatic heterocycles. The summed E-state index contributed by atoms with van der Waals surface area (Å²) in [6, 6.07) is 7.61. The normalized spacial score (nSPS) is 19.1. The van der Waals surface area contributed by atoms with Crippen molar-refractivity contribution in [1.82, 2.24) is 14.5 Å². The second kappa shape index (κ2) is 10.4. The summed E-state index contributed by atoms with van der Waals surface area (Å²) in [5.74, 6) is -2.50. The van der Waals surface area contributed by atoms with Gasteiger partial charge in [-0.25, -0.2) is 9.37 Å². The molecule has 2 N–H and O–H groups in total. The van der Waals surface area contributed by atoms with Gasteiger partial charge >= 0.3 is 12.3 Å². The van der Waals surface area contributed by atoms with Crippen LogP contribution < -0.4 is 10.1 Å². The van der Waals surface area contributed by atoms with Gasteiger partial charge in [0.1, 0.15) is 18.1 Å². The number of aromatic nitrogens is 2. The molecule has 2 unspecified atom stereocenters. The highest BCUT2D eigenvalue weighted by Crippen LogP contribution is 2.46. The monoisotopic (exact) mass is 550 g/mol. The Morgan fingerprint density at radius 2 is 1.87 bits per heavy atom. The number of amides is 1. The summed E-state index contributed by atoms with van der Waals surface area (Å²) in [6.07, 6.45) is -2.22. The molecular formula is C27H30F4N4O4. The first-order chi connectivity index (χ1) is 18.1. The number of ether oxygens (including phenoxy) is 1. The molecule has 39 heavy (non-hydrogen) atoms. The molecule has 4 rings (SSSR count). The van der Waals surface area contributed by atoms with Gasteiger partial charge in [-0.05, 0) is 60.9 Å². The Bertz CT molecular complexity index is 1390. The van der Waals surface area contributed by atoms with Crippen molar-refractivity contribution in [3.8, 4) is 5.75 Å². The van der Waals surface area contributed by atoms with Crippen molar-refractivity contribution >= 4 is 34.5 Å². The van der Waals surface area contributed by atoms with Crippen LogP contribution in [-0.2, 0) is 4.79 Å². The largest absolute Gasteiger partial charge is 0.573 e. The Morgan fingerprint density at radius 1 is 1.21 bits per heavy atom. The molecular weight excluding hydrogens is 520 g/mol. The lowest BCUT2D eigenvalue weighted by molar-refractivity contribution is -0.274. The standard InChI is InChI=1S/C27H30F4N4O4/c1-15-9-17(13-26(2,3)12-15)35-22-11-20(28)19(24(38)34(4)14-23(36)37)10-21(22)33-25(35)32-16-5-7-18(8-6-16)39-27(29,30)31/h5-8,10-11,15,17H,9,12-14H2,1-4H3,(H,32,33)(H,36,37). The number of benzene rings is 2. The van der Waals surface area contributed by atoms with Gasteiger partial charge < -0.3 is 24.6 Å². The number of imidazole rings is 1. The quantitative estimate of drug-likeness (QED) is 0.332. The number of aliphatic carboxylic acids is 1. The molecule has 0 bridgehead atoms. The number of nitrogens with one attached hydrogen (secondary N) is 1. The fourth-order valence-corrected chi connectivity index (χ4v) is 5.58. The van der Waals surface area contributed by atoms with Crippen LogP contribution in [0.2, 0.25) is 0 Å². The summed E-state index contributed by atoms with van der Waals surface area (Å²) in [5.41, 5.74) is 0.884. The zero-order valence-corrected chi connectivity index (χ0v) is 22.0. The number of carbonyl (C=O) groups is 2. The lowest BCUT2D eigenvalue weighted by Crippen LogP contribution is -2.32. The van der Waals surface area contributed by atoms with E-state index in [1.54, 1.807) is 0 Å². The molecule has 1 amide bonds. The number of halogens is 4. The van der Waals surface area contributed by atoms with E-state index in [1.165, 1.54) is 43.4 Å². The van der Waals surface area contributed by atoms with Crippen molar-refractivity contribution in [1.29, 1.82) is 0 Å². The first-order valence-corrected chi connectivity index (χ1v) is 12.4. The number of anilines is 2. The van der Waals surface area contributed by atoms with Crippen LogP contribution in [0, 0.1) is 17.2 Å². The SMILES string of the molecule is CC1CC(n2c(Nc3ccc(OC(F)(F)F)cc3)nc3cc(C(=O)N(C)CC(=O)O)c(F)cc32)CC(C)(C)C1. The summed E-state index contributed by atoms with van der Waals surface area (Å²) in [6.45, 7) is 5.88. The van der Waals surface area contributed by atoms with E-state index >= 15 is 4.39 Å². The first kappa shape index (κ1) is 28.2. The van der Waals surface area contributed by atoms with Gasteiger partial charge in [0.05, 0.1) is 16.6 Å². The number of carbonyl (C=O) groups excluding carboxylic acids is 1. The number of rotatable bonds is 7. The Hall–Kier alpha value is -3.83. The molecule has 210 valence electrons. The van der Waals surface area contributed by atoms with Gasteiger partial charge in [0.2, 0.25) is 5.95 Å². The van der Waals surface area contributed by atoms with Crippen LogP contribution in [0.1, 0.15) is 56.4 Å². The Kier molecular flexibility index (Phi) is 7.50. The van der Waals surface area contributed by atoms with Crippen molar-refractivity contribution in [3.05, 3.63) is 47.8 Å². The fraction of sp³-hybridized carbons (Fsp3) is 0.444. The summed E-state index contributed by atoms with van der Waals surface area (Å²) < 4.78 is 58.8. The predicted molar refractivity (Wildman–Crippen MR) is 137 cm³/mol. The zero-order chi connectivity index (χ0) is 28.7. The van der Waals surface area contributed by atoms with Crippen LogP contribution in [0.4, 0.5) is 29.2 Å². The van der Waals surface area contributed by atoms with Crippen LogP contribution in [0.5, 0.6) is 5.75 Å². The number of hydrogen-bond acceptors (Lipinski definition) is 5. The van der Waals surface area contributed by atoms with Crippen LogP contribution in [0.25, 0.3) is 11.0 Å². The Balaban J connectivity index is 1.77. The molecule has 0 spiro atoms. The topological polar surface area (TPSA) is 96.7 Å². The number of likely N-dealkylation sites (N-methyl/N-ethyl adjacent to an activating group) is 1. The summed E-state index contributed by atoms with van der Waals surface area (Å²) in [7, 11) is 1.27. The molecule has 8 nitrogen and oxygen atoms in total. The van der Waals surface area contributed by atoms with E-state index in [-0.39, 0.29) is 22.8 Å². The van der Waals surface area contributed by atoms with E-state index in [0.29, 0.717) is 28.6 Å². The number of carboxylic acid groups (broad SMARTS) is 1. The van der Waals surface area contributed by atoms with E-state index in [2.05, 4.69) is 35.8 Å². The van der Waals surface area contributed by atoms with Crippen LogP contribution in [-0.4, -0.2) is 51.4 Å². The van der Waals surface area contributed by atoms with Gasteiger partial charge in [0, 0.05) is 24.8 Å². The highest BCUT2D eigenvalue weighted by Gasteiger charge is 2.35. The van der Waals surface area contributed by atoms with Crippen LogP contribution >= 0.6 is 0 Å². The van der Waals surface area contributed by atoms with Gasteiger partial charge in [-0.2, -0.15) is 0 Å². The second-order valence-electron chi connectivity index (χ2n) is 10.9. The molecule has 1 aliphatic rings.